The van der Waals surface area contributed by atoms with Gasteiger partial charge in [0.1, 0.15) is 40.5 Å². The standard InChI is InChI=1S/C21H15ClN4O3S2/c22-13-3-1-12(2-4-13)18-19-20(31-26-18)21(24-11-23-19)30-10-17(27)25-14-5-6-15-16(9-14)29-8-7-28-15/h1-6,9,11H,7-8,10H2,(H,25,27). The van der Waals surface area contributed by atoms with Gasteiger partial charge in [0.25, 0.3) is 0 Å². The van der Waals surface area contributed by atoms with Crippen LogP contribution in [-0.4, -0.2) is 39.2 Å². The third kappa shape index (κ3) is 4.30. The van der Waals surface area contributed by atoms with E-state index < -0.39 is 0 Å². The molecule has 10 heteroatoms. The van der Waals surface area contributed by atoms with Crippen molar-refractivity contribution >= 4 is 56.7 Å². The topological polar surface area (TPSA) is 86.2 Å². The monoisotopic (exact) mass is 470 g/mol. The third-order valence-electron chi connectivity index (χ3n) is 4.51. The van der Waals surface area contributed by atoms with E-state index in [-0.39, 0.29) is 11.7 Å². The summed E-state index contributed by atoms with van der Waals surface area (Å²) in [5.41, 5.74) is 3.13. The Morgan fingerprint density at radius 3 is 2.74 bits per heavy atom. The maximum atomic E-state index is 12.5. The average Bonchev–Trinajstić information content (AvgIpc) is 3.23. The second-order valence-corrected chi connectivity index (χ2v) is 8.76. The van der Waals surface area contributed by atoms with Crippen LogP contribution in [0.1, 0.15) is 0 Å². The summed E-state index contributed by atoms with van der Waals surface area (Å²) < 4.78 is 16.5. The maximum absolute atomic E-state index is 12.5. The lowest BCUT2D eigenvalue weighted by molar-refractivity contribution is -0.113. The number of amides is 1. The molecule has 156 valence electrons. The van der Waals surface area contributed by atoms with E-state index in [1.807, 2.05) is 24.3 Å². The third-order valence-corrected chi connectivity index (χ3v) is 6.72. The molecule has 0 bridgehead atoms. The largest absolute Gasteiger partial charge is 0.486 e. The van der Waals surface area contributed by atoms with E-state index in [4.69, 9.17) is 21.1 Å². The van der Waals surface area contributed by atoms with Crippen LogP contribution in [0.15, 0.2) is 53.8 Å². The SMILES string of the molecule is O=C(CSc1ncnc2c(-c3ccc(Cl)cc3)nsc12)Nc1ccc2c(c1)OCCO2. The highest BCUT2D eigenvalue weighted by Crippen LogP contribution is 2.35. The van der Waals surface area contributed by atoms with Crippen molar-refractivity contribution in [2.45, 2.75) is 5.03 Å². The fourth-order valence-electron chi connectivity index (χ4n) is 3.10. The first-order valence-electron chi connectivity index (χ1n) is 9.36. The molecule has 2 aromatic carbocycles. The first-order valence-corrected chi connectivity index (χ1v) is 11.5. The lowest BCUT2D eigenvalue weighted by Crippen LogP contribution is -2.17. The van der Waals surface area contributed by atoms with Crippen LogP contribution in [0.4, 0.5) is 5.69 Å². The highest BCUT2D eigenvalue weighted by atomic mass is 35.5. The molecule has 0 atom stereocenters. The molecule has 3 heterocycles. The number of thioether (sulfide) groups is 1. The lowest BCUT2D eigenvalue weighted by Gasteiger charge is -2.18. The highest BCUT2D eigenvalue weighted by Gasteiger charge is 2.16. The van der Waals surface area contributed by atoms with Gasteiger partial charge in [0.2, 0.25) is 5.91 Å². The molecule has 31 heavy (non-hydrogen) atoms. The molecule has 4 aromatic rings. The van der Waals surface area contributed by atoms with E-state index in [1.165, 1.54) is 29.6 Å². The fraction of sp³-hybridized carbons (Fsp3) is 0.143. The first kappa shape index (κ1) is 20.0. The van der Waals surface area contributed by atoms with E-state index in [1.54, 1.807) is 18.2 Å². The molecule has 0 aliphatic carbocycles. The number of rotatable bonds is 5. The number of anilines is 1. The first-order chi connectivity index (χ1) is 15.2. The van der Waals surface area contributed by atoms with Crippen LogP contribution in [0, 0.1) is 0 Å². The summed E-state index contributed by atoms with van der Waals surface area (Å²) in [5, 5.41) is 4.27. The van der Waals surface area contributed by atoms with Crippen LogP contribution < -0.4 is 14.8 Å². The number of aromatic nitrogens is 3. The minimum absolute atomic E-state index is 0.143. The quantitative estimate of drug-likeness (QED) is 0.327. The van der Waals surface area contributed by atoms with Gasteiger partial charge in [0.05, 0.1) is 5.75 Å². The summed E-state index contributed by atoms with van der Waals surface area (Å²) in [6.07, 6.45) is 1.50. The van der Waals surface area contributed by atoms with Crippen molar-refractivity contribution in [2.75, 3.05) is 24.3 Å². The second-order valence-electron chi connectivity index (χ2n) is 6.59. The van der Waals surface area contributed by atoms with Crippen LogP contribution in [0.5, 0.6) is 11.5 Å². The molecule has 0 saturated carbocycles. The van der Waals surface area contributed by atoms with Crippen LogP contribution in [0.3, 0.4) is 0 Å². The van der Waals surface area contributed by atoms with Crippen molar-refractivity contribution in [3.63, 3.8) is 0 Å². The van der Waals surface area contributed by atoms with Crippen molar-refractivity contribution in [3.8, 4) is 22.8 Å². The zero-order valence-electron chi connectivity index (χ0n) is 16.0. The second kappa shape index (κ2) is 8.70. The van der Waals surface area contributed by atoms with Crippen molar-refractivity contribution in [1.82, 2.24) is 14.3 Å². The number of carbonyl (C=O) groups is 1. The minimum atomic E-state index is -0.143. The molecular formula is C21H15ClN4O3S2. The zero-order chi connectivity index (χ0) is 21.2. The summed E-state index contributed by atoms with van der Waals surface area (Å²) in [5.74, 6) is 1.38. The Hall–Kier alpha value is -2.88. The highest BCUT2D eigenvalue weighted by molar-refractivity contribution is 8.00. The van der Waals surface area contributed by atoms with Crippen LogP contribution in [0.25, 0.3) is 21.5 Å². The Morgan fingerprint density at radius 2 is 1.90 bits per heavy atom. The number of nitrogens with one attached hydrogen (secondary N) is 1. The number of carbonyl (C=O) groups excluding carboxylic acids is 1. The molecule has 1 amide bonds. The van der Waals surface area contributed by atoms with Gasteiger partial charge >= 0.3 is 0 Å². The zero-order valence-corrected chi connectivity index (χ0v) is 18.4. The predicted octanol–water partition coefficient (Wildman–Crippen LogP) is 4.91. The Kier molecular flexibility index (Phi) is 5.63. The summed E-state index contributed by atoms with van der Waals surface area (Å²) in [6.45, 7) is 1.02. The lowest BCUT2D eigenvalue weighted by atomic mass is 10.1. The van der Waals surface area contributed by atoms with Gasteiger partial charge in [0.15, 0.2) is 11.5 Å². The Balaban J connectivity index is 1.29. The van der Waals surface area contributed by atoms with Gasteiger partial charge in [-0.1, -0.05) is 35.5 Å². The molecule has 2 aromatic heterocycles. The molecule has 5 rings (SSSR count). The van der Waals surface area contributed by atoms with Crippen molar-refractivity contribution in [3.05, 3.63) is 53.8 Å². The van der Waals surface area contributed by atoms with Crippen molar-refractivity contribution in [1.29, 1.82) is 0 Å². The van der Waals surface area contributed by atoms with Gasteiger partial charge in [-0.25, -0.2) is 9.97 Å². The van der Waals surface area contributed by atoms with E-state index in [0.717, 1.165) is 26.5 Å². The van der Waals surface area contributed by atoms with E-state index in [9.17, 15) is 4.79 Å². The fourth-order valence-corrected chi connectivity index (χ4v) is 4.94. The Morgan fingerprint density at radius 1 is 1.10 bits per heavy atom. The Bertz CT molecular complexity index is 1260. The summed E-state index contributed by atoms with van der Waals surface area (Å²) in [6, 6.07) is 12.8. The van der Waals surface area contributed by atoms with E-state index >= 15 is 0 Å². The van der Waals surface area contributed by atoms with Crippen molar-refractivity contribution < 1.29 is 14.3 Å². The number of halogens is 1. The van der Waals surface area contributed by atoms with Gasteiger partial charge in [0, 0.05) is 22.3 Å². The van der Waals surface area contributed by atoms with E-state index in [0.29, 0.717) is 35.4 Å². The smallest absolute Gasteiger partial charge is 0.234 e. The summed E-state index contributed by atoms with van der Waals surface area (Å²) in [4.78, 5) is 21.2. The maximum Gasteiger partial charge on any atom is 0.234 e. The number of nitrogens with zero attached hydrogens (tertiary/aromatic N) is 3. The van der Waals surface area contributed by atoms with Gasteiger partial charge in [-0.15, -0.1) is 0 Å². The molecule has 0 unspecified atom stereocenters. The van der Waals surface area contributed by atoms with Crippen molar-refractivity contribution in [2.24, 2.45) is 0 Å². The number of fused-ring (bicyclic) bond motifs is 2. The van der Waals surface area contributed by atoms with Crippen LogP contribution in [-0.2, 0) is 4.79 Å². The van der Waals surface area contributed by atoms with Crippen LogP contribution >= 0.6 is 34.9 Å². The normalized spacial score (nSPS) is 12.7. The minimum Gasteiger partial charge on any atom is -0.486 e. The molecule has 0 saturated heterocycles. The molecule has 0 spiro atoms. The number of hydrogen-bond acceptors (Lipinski definition) is 8. The average molecular weight is 471 g/mol. The molecule has 0 fully saturated rings. The number of hydrogen-bond donors (Lipinski definition) is 1. The number of ether oxygens (including phenoxy) is 2. The van der Waals surface area contributed by atoms with Gasteiger partial charge in [-0.3, -0.25) is 4.79 Å². The van der Waals surface area contributed by atoms with Crippen LogP contribution in [0.2, 0.25) is 5.02 Å². The van der Waals surface area contributed by atoms with Gasteiger partial charge in [-0.2, -0.15) is 4.37 Å². The van der Waals surface area contributed by atoms with E-state index in [2.05, 4.69) is 19.7 Å². The van der Waals surface area contributed by atoms with Gasteiger partial charge in [-0.05, 0) is 35.8 Å². The molecule has 7 nitrogen and oxygen atoms in total. The Labute approximate surface area is 190 Å². The number of benzene rings is 2. The molecule has 1 N–H and O–H groups in total. The molecule has 1 aliphatic heterocycles. The van der Waals surface area contributed by atoms with Gasteiger partial charge < -0.3 is 14.8 Å². The predicted molar refractivity (Wildman–Crippen MR) is 122 cm³/mol. The summed E-state index contributed by atoms with van der Waals surface area (Å²) >= 11 is 8.65. The molecule has 1 aliphatic rings. The molecular weight excluding hydrogens is 456 g/mol. The molecule has 0 radical (unpaired) electrons. The summed E-state index contributed by atoms with van der Waals surface area (Å²) in [7, 11) is 0.